The van der Waals surface area contributed by atoms with Gasteiger partial charge in [-0.2, -0.15) is 13.2 Å². The van der Waals surface area contributed by atoms with Gasteiger partial charge in [0.05, 0.1) is 26.2 Å². The second-order valence-corrected chi connectivity index (χ2v) is 4.14. The number of methoxy groups -OCH3 is 2. The predicted molar refractivity (Wildman–Crippen MR) is 63.0 cm³/mol. The maximum absolute atomic E-state index is 12.7. The first-order valence-electron chi connectivity index (χ1n) is 5.61. The molecular formula is C13H15F3O3. The van der Waals surface area contributed by atoms with Gasteiger partial charge in [-0.25, -0.2) is 0 Å². The number of rotatable bonds is 4. The number of ether oxygens (including phenoxy) is 2. The van der Waals surface area contributed by atoms with E-state index in [0.717, 1.165) is 12.1 Å². The van der Waals surface area contributed by atoms with Crippen LogP contribution in [-0.2, 0) is 15.7 Å². The molecule has 1 unspecified atom stereocenters. The standard InChI is InChI=1S/C13H15F3O3/c1-8(6-12(17)19-3)10-7-9(13(14,15)16)4-5-11(10)18-2/h4-5,7-8H,6H2,1-3H3. The van der Waals surface area contributed by atoms with Crippen LogP contribution in [0.1, 0.15) is 30.4 Å². The van der Waals surface area contributed by atoms with E-state index >= 15 is 0 Å². The summed E-state index contributed by atoms with van der Waals surface area (Å²) in [4.78, 5) is 11.2. The lowest BCUT2D eigenvalue weighted by Crippen LogP contribution is -2.10. The van der Waals surface area contributed by atoms with E-state index in [4.69, 9.17) is 4.74 Å². The van der Waals surface area contributed by atoms with E-state index in [1.807, 2.05) is 0 Å². The normalized spacial score (nSPS) is 12.9. The first-order chi connectivity index (χ1) is 8.79. The van der Waals surface area contributed by atoms with Crippen LogP contribution < -0.4 is 4.74 Å². The van der Waals surface area contributed by atoms with Crippen LogP contribution in [-0.4, -0.2) is 20.2 Å². The number of benzene rings is 1. The van der Waals surface area contributed by atoms with E-state index in [1.165, 1.54) is 20.3 Å². The van der Waals surface area contributed by atoms with Gasteiger partial charge in [-0.15, -0.1) is 0 Å². The Morgan fingerprint density at radius 3 is 2.42 bits per heavy atom. The van der Waals surface area contributed by atoms with Crippen molar-refractivity contribution in [1.29, 1.82) is 0 Å². The Hall–Kier alpha value is -1.72. The maximum Gasteiger partial charge on any atom is 0.416 e. The molecule has 0 amide bonds. The molecule has 0 aliphatic carbocycles. The molecule has 1 aromatic rings. The number of alkyl halides is 3. The van der Waals surface area contributed by atoms with Gasteiger partial charge in [0, 0.05) is 0 Å². The van der Waals surface area contributed by atoms with Gasteiger partial charge in [-0.05, 0) is 29.7 Å². The summed E-state index contributed by atoms with van der Waals surface area (Å²) in [6.45, 7) is 1.65. The number of esters is 1. The second kappa shape index (κ2) is 5.95. The number of hydrogen-bond donors (Lipinski definition) is 0. The molecule has 1 atom stereocenters. The molecule has 1 rings (SSSR count). The topological polar surface area (TPSA) is 35.5 Å². The van der Waals surface area contributed by atoms with Crippen molar-refractivity contribution >= 4 is 5.97 Å². The van der Waals surface area contributed by atoms with Crippen LogP contribution in [0.3, 0.4) is 0 Å². The lowest BCUT2D eigenvalue weighted by atomic mass is 9.95. The van der Waals surface area contributed by atoms with Crippen molar-refractivity contribution in [1.82, 2.24) is 0 Å². The van der Waals surface area contributed by atoms with Gasteiger partial charge in [0.15, 0.2) is 0 Å². The summed E-state index contributed by atoms with van der Waals surface area (Å²) in [5.74, 6) is -0.582. The minimum absolute atomic E-state index is 0.00578. The number of hydrogen-bond acceptors (Lipinski definition) is 3. The van der Waals surface area contributed by atoms with E-state index in [9.17, 15) is 18.0 Å². The Labute approximate surface area is 109 Å². The predicted octanol–water partition coefficient (Wildman–Crippen LogP) is 3.38. The molecule has 1 aromatic carbocycles. The van der Waals surface area contributed by atoms with E-state index in [0.29, 0.717) is 11.3 Å². The largest absolute Gasteiger partial charge is 0.496 e. The molecule has 0 radical (unpaired) electrons. The molecule has 0 N–H and O–H groups in total. The van der Waals surface area contributed by atoms with Crippen molar-refractivity contribution in [3.8, 4) is 5.75 Å². The third-order valence-electron chi connectivity index (χ3n) is 2.79. The van der Waals surface area contributed by atoms with E-state index in [1.54, 1.807) is 6.92 Å². The lowest BCUT2D eigenvalue weighted by molar-refractivity contribution is -0.141. The van der Waals surface area contributed by atoms with Crippen LogP contribution in [0, 0.1) is 0 Å². The fourth-order valence-corrected chi connectivity index (χ4v) is 1.74. The molecule has 0 saturated heterocycles. The van der Waals surface area contributed by atoms with Gasteiger partial charge in [-0.1, -0.05) is 6.92 Å². The van der Waals surface area contributed by atoms with Crippen molar-refractivity contribution in [2.75, 3.05) is 14.2 Å². The highest BCUT2D eigenvalue weighted by Crippen LogP contribution is 2.36. The number of carbonyl (C=O) groups is 1. The molecule has 0 aromatic heterocycles. The molecule has 106 valence electrons. The molecule has 0 bridgehead atoms. The molecular weight excluding hydrogens is 261 g/mol. The van der Waals surface area contributed by atoms with Crippen molar-refractivity contribution in [2.24, 2.45) is 0 Å². The van der Waals surface area contributed by atoms with Crippen molar-refractivity contribution in [3.63, 3.8) is 0 Å². The third-order valence-corrected chi connectivity index (χ3v) is 2.79. The zero-order valence-electron chi connectivity index (χ0n) is 10.9. The number of carbonyl (C=O) groups excluding carboxylic acids is 1. The van der Waals surface area contributed by atoms with Crippen LogP contribution in [0.5, 0.6) is 5.75 Å². The smallest absolute Gasteiger partial charge is 0.416 e. The minimum Gasteiger partial charge on any atom is -0.496 e. The maximum atomic E-state index is 12.7. The highest BCUT2D eigenvalue weighted by Gasteiger charge is 2.31. The highest BCUT2D eigenvalue weighted by molar-refractivity contribution is 5.70. The molecule has 0 aliphatic heterocycles. The highest BCUT2D eigenvalue weighted by atomic mass is 19.4. The Kier molecular flexibility index (Phi) is 4.80. The van der Waals surface area contributed by atoms with E-state index < -0.39 is 23.6 Å². The van der Waals surface area contributed by atoms with Gasteiger partial charge >= 0.3 is 12.1 Å². The molecule has 0 aliphatic rings. The monoisotopic (exact) mass is 276 g/mol. The molecule has 3 nitrogen and oxygen atoms in total. The summed E-state index contributed by atoms with van der Waals surface area (Å²) in [6, 6.07) is 3.21. The third kappa shape index (κ3) is 3.87. The minimum atomic E-state index is -4.42. The van der Waals surface area contributed by atoms with Crippen LogP contribution in [0.25, 0.3) is 0 Å². The first kappa shape index (κ1) is 15.3. The average molecular weight is 276 g/mol. The zero-order valence-corrected chi connectivity index (χ0v) is 10.9. The second-order valence-electron chi connectivity index (χ2n) is 4.14. The zero-order chi connectivity index (χ0) is 14.6. The Morgan fingerprint density at radius 2 is 1.95 bits per heavy atom. The van der Waals surface area contributed by atoms with Crippen LogP contribution in [0.15, 0.2) is 18.2 Å². The van der Waals surface area contributed by atoms with Gasteiger partial charge < -0.3 is 9.47 Å². The van der Waals surface area contributed by atoms with Crippen LogP contribution >= 0.6 is 0 Å². The van der Waals surface area contributed by atoms with E-state index in [2.05, 4.69) is 4.74 Å². The summed E-state index contributed by atoms with van der Waals surface area (Å²) in [5.41, 5.74) is -0.428. The summed E-state index contributed by atoms with van der Waals surface area (Å²) >= 11 is 0. The Balaban J connectivity index is 3.12. The molecule has 0 saturated carbocycles. The SMILES string of the molecule is COC(=O)CC(C)c1cc(C(F)(F)F)ccc1OC. The lowest BCUT2D eigenvalue weighted by Gasteiger charge is -2.17. The van der Waals surface area contributed by atoms with Gasteiger partial charge in [0.1, 0.15) is 5.75 Å². The van der Waals surface area contributed by atoms with E-state index in [-0.39, 0.29) is 6.42 Å². The summed E-state index contributed by atoms with van der Waals surface area (Å²) in [5, 5.41) is 0. The van der Waals surface area contributed by atoms with Crippen molar-refractivity contribution in [3.05, 3.63) is 29.3 Å². The quantitative estimate of drug-likeness (QED) is 0.791. The van der Waals surface area contributed by atoms with Gasteiger partial charge in [0.2, 0.25) is 0 Å². The van der Waals surface area contributed by atoms with Crippen molar-refractivity contribution in [2.45, 2.75) is 25.4 Å². The fourth-order valence-electron chi connectivity index (χ4n) is 1.74. The molecule has 19 heavy (non-hydrogen) atoms. The number of halogens is 3. The molecule has 0 fully saturated rings. The van der Waals surface area contributed by atoms with Crippen LogP contribution in [0.4, 0.5) is 13.2 Å². The first-order valence-corrected chi connectivity index (χ1v) is 5.61. The average Bonchev–Trinajstić information content (AvgIpc) is 2.36. The molecule has 6 heteroatoms. The van der Waals surface area contributed by atoms with Gasteiger partial charge in [-0.3, -0.25) is 4.79 Å². The Bertz CT molecular complexity index is 455. The Morgan fingerprint density at radius 1 is 1.32 bits per heavy atom. The van der Waals surface area contributed by atoms with Gasteiger partial charge in [0.25, 0.3) is 0 Å². The molecule has 0 spiro atoms. The summed E-state index contributed by atoms with van der Waals surface area (Å²) in [7, 11) is 2.61. The summed E-state index contributed by atoms with van der Waals surface area (Å²) < 4.78 is 47.5. The van der Waals surface area contributed by atoms with Crippen LogP contribution in [0.2, 0.25) is 0 Å². The molecule has 0 heterocycles. The summed E-state index contributed by atoms with van der Waals surface area (Å²) in [6.07, 6.45) is -4.43. The van der Waals surface area contributed by atoms with Crippen molar-refractivity contribution < 1.29 is 27.4 Å². The fraction of sp³-hybridized carbons (Fsp3) is 0.462.